The summed E-state index contributed by atoms with van der Waals surface area (Å²) in [5.74, 6) is 6.05. The van der Waals surface area contributed by atoms with Crippen molar-refractivity contribution in [3.63, 3.8) is 0 Å². The van der Waals surface area contributed by atoms with E-state index in [0.717, 1.165) is 18.4 Å². The maximum Gasteiger partial charge on any atom is 0.225 e. The highest BCUT2D eigenvalue weighted by Crippen LogP contribution is 2.35. The van der Waals surface area contributed by atoms with Crippen molar-refractivity contribution in [1.29, 1.82) is 0 Å². The highest BCUT2D eigenvalue weighted by atomic mass is 32.2. The lowest BCUT2D eigenvalue weighted by molar-refractivity contribution is 0.358. The first kappa shape index (κ1) is 14.1. The molecule has 0 amide bonds. The highest BCUT2D eigenvalue weighted by Gasteiger charge is 2.34. The number of hydrogen-bond donors (Lipinski definition) is 0. The van der Waals surface area contributed by atoms with Crippen molar-refractivity contribution in [2.24, 2.45) is 5.92 Å². The molecule has 0 heterocycles. The Kier molecular flexibility index (Phi) is 4.28. The molecule has 0 N–H and O–H groups in total. The quantitative estimate of drug-likeness (QED) is 0.790. The second-order valence-corrected chi connectivity index (χ2v) is 7.05. The van der Waals surface area contributed by atoms with E-state index in [1.54, 1.807) is 7.05 Å². The van der Waals surface area contributed by atoms with Gasteiger partial charge in [0, 0.05) is 18.7 Å². The van der Waals surface area contributed by atoms with Crippen LogP contribution < -0.4 is 0 Å². The SMILES string of the molecule is CC(C1CC1)N(C)S(=O)(=O)CC#Cc1ccccc1. The summed E-state index contributed by atoms with van der Waals surface area (Å²) in [5.41, 5.74) is 0.843. The minimum absolute atomic E-state index is 0.0866. The van der Waals surface area contributed by atoms with Gasteiger partial charge < -0.3 is 0 Å². The molecule has 1 aliphatic rings. The Bertz CT molecular complexity index is 580. The molecule has 2 rings (SSSR count). The van der Waals surface area contributed by atoms with Crippen LogP contribution in [0.5, 0.6) is 0 Å². The van der Waals surface area contributed by atoms with Gasteiger partial charge in [0.1, 0.15) is 5.75 Å². The van der Waals surface area contributed by atoms with Gasteiger partial charge in [-0.2, -0.15) is 0 Å². The second-order valence-electron chi connectivity index (χ2n) is 5.02. The van der Waals surface area contributed by atoms with Gasteiger partial charge in [0.25, 0.3) is 0 Å². The van der Waals surface area contributed by atoms with Crippen LogP contribution in [-0.4, -0.2) is 31.6 Å². The Morgan fingerprint density at radius 3 is 2.53 bits per heavy atom. The van der Waals surface area contributed by atoms with E-state index in [-0.39, 0.29) is 11.8 Å². The smallest absolute Gasteiger partial charge is 0.211 e. The van der Waals surface area contributed by atoms with E-state index in [0.29, 0.717) is 5.92 Å². The molecule has 0 saturated heterocycles. The first-order valence-electron chi connectivity index (χ1n) is 6.50. The molecule has 1 aromatic carbocycles. The molecular formula is C15H19NO2S. The van der Waals surface area contributed by atoms with Crippen molar-refractivity contribution >= 4 is 10.0 Å². The zero-order valence-corrected chi connectivity index (χ0v) is 12.2. The number of benzene rings is 1. The van der Waals surface area contributed by atoms with E-state index in [2.05, 4.69) is 11.8 Å². The van der Waals surface area contributed by atoms with E-state index in [4.69, 9.17) is 0 Å². The molecule has 1 saturated carbocycles. The summed E-state index contributed by atoms with van der Waals surface area (Å²) in [6.07, 6.45) is 2.27. The molecule has 1 atom stereocenters. The Balaban J connectivity index is 1.99. The minimum Gasteiger partial charge on any atom is -0.211 e. The van der Waals surface area contributed by atoms with E-state index < -0.39 is 10.0 Å². The van der Waals surface area contributed by atoms with Gasteiger partial charge in [0.15, 0.2) is 0 Å². The maximum absolute atomic E-state index is 12.1. The molecule has 1 aliphatic carbocycles. The lowest BCUT2D eigenvalue weighted by atomic mass is 10.2. The molecule has 102 valence electrons. The Morgan fingerprint density at radius 1 is 1.32 bits per heavy atom. The predicted octanol–water partition coefficient (Wildman–Crippen LogP) is 2.10. The fourth-order valence-electron chi connectivity index (χ4n) is 1.98. The molecule has 0 aliphatic heterocycles. The lowest BCUT2D eigenvalue weighted by Crippen LogP contribution is -2.37. The monoisotopic (exact) mass is 277 g/mol. The summed E-state index contributed by atoms with van der Waals surface area (Å²) in [5, 5.41) is 0. The van der Waals surface area contributed by atoms with Crippen LogP contribution in [0.4, 0.5) is 0 Å². The predicted molar refractivity (Wildman–Crippen MR) is 77.1 cm³/mol. The molecule has 0 spiro atoms. The van der Waals surface area contributed by atoms with Crippen molar-refractivity contribution in [3.8, 4) is 11.8 Å². The van der Waals surface area contributed by atoms with Gasteiger partial charge in [-0.3, -0.25) is 0 Å². The van der Waals surface area contributed by atoms with Gasteiger partial charge in [-0.05, 0) is 37.8 Å². The highest BCUT2D eigenvalue weighted by molar-refractivity contribution is 7.89. The Labute approximate surface area is 115 Å². The standard InChI is InChI=1S/C15H19NO2S/c1-13(15-10-11-15)16(2)19(17,18)12-6-9-14-7-4-3-5-8-14/h3-5,7-8,13,15H,10-12H2,1-2H3. The first-order chi connectivity index (χ1) is 9.00. The molecule has 1 aromatic rings. The molecule has 1 fully saturated rings. The third kappa shape index (κ3) is 3.82. The molecule has 19 heavy (non-hydrogen) atoms. The van der Waals surface area contributed by atoms with Gasteiger partial charge in [-0.1, -0.05) is 30.0 Å². The Morgan fingerprint density at radius 2 is 1.95 bits per heavy atom. The third-order valence-electron chi connectivity index (χ3n) is 3.58. The van der Waals surface area contributed by atoms with Crippen LogP contribution in [0.3, 0.4) is 0 Å². The number of nitrogens with zero attached hydrogens (tertiary/aromatic N) is 1. The van der Waals surface area contributed by atoms with E-state index in [1.807, 2.05) is 37.3 Å². The number of hydrogen-bond acceptors (Lipinski definition) is 2. The molecule has 3 nitrogen and oxygen atoms in total. The normalized spacial score (nSPS) is 16.8. The van der Waals surface area contributed by atoms with Crippen molar-refractivity contribution in [3.05, 3.63) is 35.9 Å². The summed E-state index contributed by atoms with van der Waals surface area (Å²) >= 11 is 0. The maximum atomic E-state index is 12.1. The summed E-state index contributed by atoms with van der Waals surface area (Å²) < 4.78 is 25.7. The number of rotatable bonds is 4. The van der Waals surface area contributed by atoms with Crippen LogP contribution in [0, 0.1) is 17.8 Å². The van der Waals surface area contributed by atoms with Crippen LogP contribution in [0.2, 0.25) is 0 Å². The third-order valence-corrected chi connectivity index (χ3v) is 5.30. The Hall–Kier alpha value is -1.31. The van der Waals surface area contributed by atoms with Gasteiger partial charge in [-0.15, -0.1) is 0 Å². The average molecular weight is 277 g/mol. The second kappa shape index (κ2) is 5.77. The van der Waals surface area contributed by atoms with Gasteiger partial charge in [-0.25, -0.2) is 12.7 Å². The minimum atomic E-state index is -3.27. The zero-order valence-electron chi connectivity index (χ0n) is 11.3. The van der Waals surface area contributed by atoms with Crippen molar-refractivity contribution < 1.29 is 8.42 Å². The first-order valence-corrected chi connectivity index (χ1v) is 8.11. The van der Waals surface area contributed by atoms with Crippen LogP contribution in [0.15, 0.2) is 30.3 Å². The van der Waals surface area contributed by atoms with Gasteiger partial charge in [0.05, 0.1) is 0 Å². The molecule has 1 unspecified atom stereocenters. The van der Waals surface area contributed by atoms with Crippen LogP contribution in [0.1, 0.15) is 25.3 Å². The van der Waals surface area contributed by atoms with Crippen LogP contribution >= 0.6 is 0 Å². The van der Waals surface area contributed by atoms with Gasteiger partial charge >= 0.3 is 0 Å². The van der Waals surface area contributed by atoms with Crippen molar-refractivity contribution in [2.75, 3.05) is 12.8 Å². The summed E-state index contributed by atoms with van der Waals surface area (Å²) in [4.78, 5) is 0. The fourth-order valence-corrected chi connectivity index (χ4v) is 3.12. The molecule has 0 bridgehead atoms. The topological polar surface area (TPSA) is 37.4 Å². The van der Waals surface area contributed by atoms with E-state index in [1.165, 1.54) is 4.31 Å². The lowest BCUT2D eigenvalue weighted by Gasteiger charge is -2.22. The molecule has 0 aromatic heterocycles. The zero-order chi connectivity index (χ0) is 13.9. The average Bonchev–Trinajstić information content (AvgIpc) is 3.22. The van der Waals surface area contributed by atoms with Crippen molar-refractivity contribution in [2.45, 2.75) is 25.8 Å². The largest absolute Gasteiger partial charge is 0.225 e. The summed E-state index contributed by atoms with van der Waals surface area (Å²) in [7, 11) is -1.62. The molecule has 0 radical (unpaired) electrons. The van der Waals surface area contributed by atoms with Gasteiger partial charge in [0.2, 0.25) is 10.0 Å². The van der Waals surface area contributed by atoms with Crippen molar-refractivity contribution in [1.82, 2.24) is 4.31 Å². The molecular weight excluding hydrogens is 258 g/mol. The number of sulfonamides is 1. The van der Waals surface area contributed by atoms with E-state index >= 15 is 0 Å². The van der Waals surface area contributed by atoms with E-state index in [9.17, 15) is 8.42 Å². The molecule has 4 heteroatoms. The van der Waals surface area contributed by atoms with Crippen LogP contribution in [0.25, 0.3) is 0 Å². The summed E-state index contributed by atoms with van der Waals surface area (Å²) in [6, 6.07) is 9.52. The fraction of sp³-hybridized carbons (Fsp3) is 0.467. The summed E-state index contributed by atoms with van der Waals surface area (Å²) in [6.45, 7) is 1.97. The van der Waals surface area contributed by atoms with Crippen LogP contribution in [-0.2, 0) is 10.0 Å².